The van der Waals surface area contributed by atoms with Gasteiger partial charge in [-0.2, -0.15) is 0 Å². The van der Waals surface area contributed by atoms with Gasteiger partial charge in [-0.25, -0.2) is 0 Å². The van der Waals surface area contributed by atoms with Crippen molar-refractivity contribution in [2.24, 2.45) is 5.18 Å². The molecule has 0 saturated heterocycles. The minimum atomic E-state index is -0.0536. The van der Waals surface area contributed by atoms with Crippen LogP contribution in [-0.2, 0) is 0 Å². The molecule has 0 aliphatic rings. The second kappa shape index (κ2) is 2.66. The zero-order chi connectivity index (χ0) is 7.56. The molecule has 0 spiro atoms. The minimum absolute atomic E-state index is 0.0536. The van der Waals surface area contributed by atoms with Crippen molar-refractivity contribution < 1.29 is 5.11 Å². The molecule has 0 aliphatic carbocycles. The van der Waals surface area contributed by atoms with Crippen LogP contribution in [-0.4, -0.2) is 5.11 Å². The maximum absolute atomic E-state index is 9.89. The van der Waals surface area contributed by atoms with E-state index in [2.05, 4.69) is 5.18 Å². The summed E-state index contributed by atoms with van der Waals surface area (Å²) in [6.45, 7) is 0. The molecule has 0 radical (unpaired) electrons. The molecule has 0 amide bonds. The first kappa shape index (κ1) is 7.02. The van der Waals surface area contributed by atoms with E-state index in [1.807, 2.05) is 0 Å². The molecule has 52 valence electrons. The van der Waals surface area contributed by atoms with Crippen LogP contribution in [0.4, 0.5) is 5.69 Å². The Morgan fingerprint density at radius 2 is 2.10 bits per heavy atom. The molecular weight excluding hydrogens is 154 g/mol. The van der Waals surface area contributed by atoms with Crippen molar-refractivity contribution >= 4 is 17.3 Å². The highest BCUT2D eigenvalue weighted by molar-refractivity contribution is 6.31. The number of phenols is 1. The topological polar surface area (TPSA) is 49.7 Å². The van der Waals surface area contributed by atoms with Gasteiger partial charge in [-0.3, -0.25) is 0 Å². The maximum Gasteiger partial charge on any atom is 0.119 e. The zero-order valence-corrected chi connectivity index (χ0v) is 5.67. The number of rotatable bonds is 1. The zero-order valence-electron chi connectivity index (χ0n) is 4.91. The molecule has 0 aromatic heterocycles. The normalized spacial score (nSPS) is 9.30. The first-order valence-electron chi connectivity index (χ1n) is 2.55. The predicted octanol–water partition coefficient (Wildman–Crippen LogP) is 2.44. The second-order valence-corrected chi connectivity index (χ2v) is 2.20. The molecule has 10 heavy (non-hydrogen) atoms. The molecule has 4 heteroatoms. The third-order valence-corrected chi connectivity index (χ3v) is 1.19. The van der Waals surface area contributed by atoms with Gasteiger partial charge >= 0.3 is 0 Å². The lowest BCUT2D eigenvalue weighted by molar-refractivity contribution is 0.475. The summed E-state index contributed by atoms with van der Waals surface area (Å²) in [4.78, 5) is 9.89. The smallest absolute Gasteiger partial charge is 0.119 e. The van der Waals surface area contributed by atoms with Gasteiger partial charge in [0, 0.05) is 11.1 Å². The van der Waals surface area contributed by atoms with E-state index in [9.17, 15) is 4.91 Å². The van der Waals surface area contributed by atoms with Crippen molar-refractivity contribution in [2.45, 2.75) is 0 Å². The van der Waals surface area contributed by atoms with E-state index >= 15 is 0 Å². The summed E-state index contributed by atoms with van der Waals surface area (Å²) in [7, 11) is 0. The Morgan fingerprint density at radius 3 is 2.60 bits per heavy atom. The van der Waals surface area contributed by atoms with Gasteiger partial charge in [0.15, 0.2) is 0 Å². The minimum Gasteiger partial charge on any atom is -0.508 e. The highest BCUT2D eigenvalue weighted by atomic mass is 35.5. The van der Waals surface area contributed by atoms with Crippen LogP contribution in [0.25, 0.3) is 0 Å². The Balaban J connectivity index is 3.18. The molecule has 0 saturated carbocycles. The molecule has 1 N–H and O–H groups in total. The van der Waals surface area contributed by atoms with E-state index in [0.29, 0.717) is 5.02 Å². The summed E-state index contributed by atoms with van der Waals surface area (Å²) in [6, 6.07) is 3.93. The molecule has 0 fully saturated rings. The number of nitrogens with zero attached hydrogens (tertiary/aromatic N) is 1. The van der Waals surface area contributed by atoms with E-state index in [4.69, 9.17) is 16.7 Å². The molecule has 3 nitrogen and oxygen atoms in total. The van der Waals surface area contributed by atoms with Crippen molar-refractivity contribution in [1.82, 2.24) is 0 Å². The predicted molar refractivity (Wildman–Crippen MR) is 38.6 cm³/mol. The van der Waals surface area contributed by atoms with Crippen LogP contribution in [0.2, 0.25) is 5.02 Å². The molecule has 1 aromatic carbocycles. The summed E-state index contributed by atoms with van der Waals surface area (Å²) in [5.41, 5.74) is 0.130. The Kier molecular flexibility index (Phi) is 1.87. The average Bonchev–Trinajstić information content (AvgIpc) is 1.85. The van der Waals surface area contributed by atoms with Gasteiger partial charge in [0.2, 0.25) is 0 Å². The second-order valence-electron chi connectivity index (χ2n) is 1.76. The fourth-order valence-corrected chi connectivity index (χ4v) is 0.835. The van der Waals surface area contributed by atoms with Crippen LogP contribution < -0.4 is 0 Å². The van der Waals surface area contributed by atoms with Crippen molar-refractivity contribution in [3.05, 3.63) is 28.1 Å². The van der Waals surface area contributed by atoms with Crippen LogP contribution in [0.3, 0.4) is 0 Å². The number of halogens is 1. The monoisotopic (exact) mass is 157 g/mol. The van der Waals surface area contributed by atoms with E-state index in [0.717, 1.165) is 0 Å². The van der Waals surface area contributed by atoms with Crippen molar-refractivity contribution in [1.29, 1.82) is 0 Å². The molecule has 0 heterocycles. The summed E-state index contributed by atoms with van der Waals surface area (Å²) < 4.78 is 0. The average molecular weight is 158 g/mol. The highest BCUT2D eigenvalue weighted by Crippen LogP contribution is 2.24. The highest BCUT2D eigenvalue weighted by Gasteiger charge is 1.96. The Labute approximate surface area is 62.2 Å². The van der Waals surface area contributed by atoms with Crippen LogP contribution >= 0.6 is 11.6 Å². The maximum atomic E-state index is 9.89. The van der Waals surface area contributed by atoms with Gasteiger partial charge in [-0.1, -0.05) is 11.6 Å². The lowest BCUT2D eigenvalue weighted by Gasteiger charge is -1.92. The lowest BCUT2D eigenvalue weighted by Crippen LogP contribution is -1.65. The number of hydrogen-bond donors (Lipinski definition) is 1. The van der Waals surface area contributed by atoms with E-state index in [1.54, 1.807) is 0 Å². The molecule has 0 aliphatic heterocycles. The van der Waals surface area contributed by atoms with Crippen molar-refractivity contribution in [2.75, 3.05) is 0 Å². The Bertz CT molecular complexity index is 242. The Morgan fingerprint density at radius 1 is 1.40 bits per heavy atom. The van der Waals surface area contributed by atoms with Crippen LogP contribution in [0.5, 0.6) is 5.75 Å². The van der Waals surface area contributed by atoms with Gasteiger partial charge in [-0.15, -0.1) is 4.91 Å². The van der Waals surface area contributed by atoms with Crippen LogP contribution in [0.15, 0.2) is 23.4 Å². The molecule has 1 aromatic rings. The van der Waals surface area contributed by atoms with Crippen LogP contribution in [0.1, 0.15) is 0 Å². The summed E-state index contributed by atoms with van der Waals surface area (Å²) in [6.07, 6.45) is 0. The molecule has 0 bridgehead atoms. The standard InChI is InChI=1S/C6H4ClNO2/c7-4-1-5(8-10)3-6(9)2-4/h1-3,9H. The fourth-order valence-electron chi connectivity index (χ4n) is 0.612. The quantitative estimate of drug-likeness (QED) is 0.637. The first-order valence-corrected chi connectivity index (χ1v) is 2.93. The van der Waals surface area contributed by atoms with Gasteiger partial charge in [-0.05, 0) is 17.3 Å². The van der Waals surface area contributed by atoms with E-state index in [-0.39, 0.29) is 11.4 Å². The van der Waals surface area contributed by atoms with Gasteiger partial charge in [0.25, 0.3) is 0 Å². The van der Waals surface area contributed by atoms with Crippen LogP contribution in [0, 0.1) is 4.91 Å². The number of hydrogen-bond acceptors (Lipinski definition) is 3. The molecule has 1 rings (SSSR count). The third-order valence-electron chi connectivity index (χ3n) is 0.973. The molecular formula is C6H4ClNO2. The van der Waals surface area contributed by atoms with Gasteiger partial charge in [0.05, 0.1) is 0 Å². The number of aromatic hydroxyl groups is 1. The third kappa shape index (κ3) is 1.45. The molecule has 0 unspecified atom stereocenters. The van der Waals surface area contributed by atoms with E-state index < -0.39 is 0 Å². The number of benzene rings is 1. The largest absolute Gasteiger partial charge is 0.508 e. The lowest BCUT2D eigenvalue weighted by atomic mass is 10.3. The van der Waals surface area contributed by atoms with Gasteiger partial charge in [0.1, 0.15) is 11.4 Å². The SMILES string of the molecule is O=Nc1cc(O)cc(Cl)c1. The summed E-state index contributed by atoms with van der Waals surface area (Å²) >= 11 is 5.47. The number of nitroso groups, excluding NO2 is 1. The summed E-state index contributed by atoms with van der Waals surface area (Å²) in [5.74, 6) is -0.0536. The summed E-state index contributed by atoms with van der Waals surface area (Å²) in [5, 5.41) is 11.7. The Hall–Kier alpha value is -1.09. The fraction of sp³-hybridized carbons (Fsp3) is 0. The van der Waals surface area contributed by atoms with Crippen molar-refractivity contribution in [3.63, 3.8) is 0 Å². The van der Waals surface area contributed by atoms with E-state index in [1.165, 1.54) is 18.2 Å². The van der Waals surface area contributed by atoms with Crippen molar-refractivity contribution in [3.8, 4) is 5.75 Å². The first-order chi connectivity index (χ1) is 4.72. The number of phenolic OH excluding ortho intramolecular Hbond substituents is 1. The van der Waals surface area contributed by atoms with Gasteiger partial charge < -0.3 is 5.11 Å². The molecule has 0 atom stereocenters.